The molecular weight excluding hydrogens is 204 g/mol. The Morgan fingerprint density at radius 3 is 2.69 bits per heavy atom. The Balaban J connectivity index is 2.75. The van der Waals surface area contributed by atoms with E-state index in [4.69, 9.17) is 5.26 Å². The molecular formula is C12H14N2O2. The lowest BCUT2D eigenvalue weighted by molar-refractivity contribution is -0.119. The van der Waals surface area contributed by atoms with Crippen molar-refractivity contribution in [3.8, 4) is 11.8 Å². The van der Waals surface area contributed by atoms with Crippen molar-refractivity contribution < 1.29 is 9.90 Å². The van der Waals surface area contributed by atoms with Crippen LogP contribution in [0.25, 0.3) is 0 Å². The first kappa shape index (κ1) is 12.1. The molecule has 4 nitrogen and oxygen atoms in total. The molecule has 0 saturated heterocycles. The van der Waals surface area contributed by atoms with E-state index in [0.717, 1.165) is 0 Å². The molecule has 1 amide bonds. The molecule has 1 unspecified atom stereocenters. The molecule has 0 bridgehead atoms. The number of hydrogen-bond acceptors (Lipinski definition) is 3. The van der Waals surface area contributed by atoms with Crippen molar-refractivity contribution >= 4 is 11.6 Å². The predicted molar refractivity (Wildman–Crippen MR) is 60.7 cm³/mol. The highest BCUT2D eigenvalue weighted by Gasteiger charge is 2.21. The molecule has 0 spiro atoms. The van der Waals surface area contributed by atoms with Gasteiger partial charge in [0.2, 0.25) is 5.91 Å². The van der Waals surface area contributed by atoms with Gasteiger partial charge in [-0.15, -0.1) is 0 Å². The van der Waals surface area contributed by atoms with Gasteiger partial charge < -0.3 is 10.4 Å². The Kier molecular flexibility index (Phi) is 3.90. The molecule has 0 saturated carbocycles. The normalized spacial score (nSPS) is 11.9. The zero-order valence-corrected chi connectivity index (χ0v) is 9.27. The molecule has 1 rings (SSSR count). The van der Waals surface area contributed by atoms with Gasteiger partial charge in [0, 0.05) is 11.8 Å². The number of benzene rings is 1. The van der Waals surface area contributed by atoms with Crippen molar-refractivity contribution in [2.45, 2.75) is 13.8 Å². The average molecular weight is 218 g/mol. The van der Waals surface area contributed by atoms with Gasteiger partial charge in [-0.25, -0.2) is 0 Å². The lowest BCUT2D eigenvalue weighted by Gasteiger charge is -2.13. The summed E-state index contributed by atoms with van der Waals surface area (Å²) >= 11 is 0. The predicted octanol–water partition coefficient (Wildman–Crippen LogP) is 2.13. The van der Waals surface area contributed by atoms with Crippen LogP contribution in [0.2, 0.25) is 0 Å². The van der Waals surface area contributed by atoms with Crippen LogP contribution < -0.4 is 5.32 Å². The number of aromatic hydroxyl groups is 1. The number of rotatable bonds is 3. The molecule has 4 heteroatoms. The topological polar surface area (TPSA) is 73.1 Å². The van der Waals surface area contributed by atoms with E-state index in [1.54, 1.807) is 12.1 Å². The van der Waals surface area contributed by atoms with Crippen molar-refractivity contribution in [1.29, 1.82) is 5.26 Å². The summed E-state index contributed by atoms with van der Waals surface area (Å²) in [7, 11) is 0. The molecule has 0 aromatic heterocycles. The van der Waals surface area contributed by atoms with Crippen LogP contribution in [0.5, 0.6) is 5.75 Å². The summed E-state index contributed by atoms with van der Waals surface area (Å²) in [4.78, 5) is 11.7. The second-order valence-corrected chi connectivity index (χ2v) is 3.89. The Bertz CT molecular complexity index is 421. The number of nitrogens with one attached hydrogen (secondary N) is 1. The molecule has 0 aliphatic rings. The second kappa shape index (κ2) is 5.17. The number of nitrogens with zero attached hydrogens (tertiary/aromatic N) is 1. The highest BCUT2D eigenvalue weighted by Crippen LogP contribution is 2.18. The van der Waals surface area contributed by atoms with Gasteiger partial charge in [-0.05, 0) is 18.1 Å². The fourth-order valence-corrected chi connectivity index (χ4v) is 1.31. The minimum Gasteiger partial charge on any atom is -0.508 e. The summed E-state index contributed by atoms with van der Waals surface area (Å²) in [5, 5.41) is 20.6. The Labute approximate surface area is 94.5 Å². The molecule has 1 aromatic rings. The largest absolute Gasteiger partial charge is 0.508 e. The van der Waals surface area contributed by atoms with Gasteiger partial charge in [-0.1, -0.05) is 19.9 Å². The maximum Gasteiger partial charge on any atom is 0.241 e. The lowest BCUT2D eigenvalue weighted by Crippen LogP contribution is -2.25. The number of nitriles is 1. The lowest BCUT2D eigenvalue weighted by atomic mass is 9.96. The maximum absolute atomic E-state index is 11.7. The third-order valence-corrected chi connectivity index (χ3v) is 2.20. The summed E-state index contributed by atoms with van der Waals surface area (Å²) in [6.07, 6.45) is 0. The Hall–Kier alpha value is -2.02. The van der Waals surface area contributed by atoms with E-state index in [-0.39, 0.29) is 17.6 Å². The molecule has 1 atom stereocenters. The van der Waals surface area contributed by atoms with E-state index >= 15 is 0 Å². The molecule has 84 valence electrons. The monoisotopic (exact) mass is 218 g/mol. The third-order valence-electron chi connectivity index (χ3n) is 2.20. The van der Waals surface area contributed by atoms with Crippen molar-refractivity contribution in [3.63, 3.8) is 0 Å². The highest BCUT2D eigenvalue weighted by molar-refractivity contribution is 5.94. The quantitative estimate of drug-likeness (QED) is 0.816. The van der Waals surface area contributed by atoms with Crippen LogP contribution >= 0.6 is 0 Å². The number of carbonyl (C=O) groups excluding carboxylic acids is 1. The van der Waals surface area contributed by atoms with Gasteiger partial charge >= 0.3 is 0 Å². The van der Waals surface area contributed by atoms with Crippen LogP contribution in [-0.4, -0.2) is 11.0 Å². The van der Waals surface area contributed by atoms with E-state index in [1.165, 1.54) is 12.1 Å². The SMILES string of the molecule is CC(C)C(C#N)C(=O)Nc1cccc(O)c1. The van der Waals surface area contributed by atoms with Crippen LogP contribution in [0.1, 0.15) is 13.8 Å². The molecule has 2 N–H and O–H groups in total. The summed E-state index contributed by atoms with van der Waals surface area (Å²) in [5.41, 5.74) is 0.492. The van der Waals surface area contributed by atoms with Crippen molar-refractivity contribution in [1.82, 2.24) is 0 Å². The number of phenols is 1. The summed E-state index contributed by atoms with van der Waals surface area (Å²) in [5.74, 6) is -0.983. The summed E-state index contributed by atoms with van der Waals surface area (Å²) in [6, 6.07) is 8.20. The average Bonchev–Trinajstić information content (AvgIpc) is 2.17. The van der Waals surface area contributed by atoms with Crippen LogP contribution in [0.4, 0.5) is 5.69 Å². The third kappa shape index (κ3) is 2.99. The number of anilines is 1. The molecule has 16 heavy (non-hydrogen) atoms. The van der Waals surface area contributed by atoms with Gasteiger partial charge in [0.15, 0.2) is 0 Å². The van der Waals surface area contributed by atoms with Gasteiger partial charge in [0.05, 0.1) is 6.07 Å². The first-order chi connectivity index (χ1) is 7.54. The van der Waals surface area contributed by atoms with Gasteiger partial charge in [0.1, 0.15) is 11.7 Å². The van der Waals surface area contributed by atoms with Gasteiger partial charge in [-0.2, -0.15) is 5.26 Å². The van der Waals surface area contributed by atoms with E-state index in [2.05, 4.69) is 5.32 Å². The van der Waals surface area contributed by atoms with Crippen molar-refractivity contribution in [3.05, 3.63) is 24.3 Å². The molecule has 1 aromatic carbocycles. The van der Waals surface area contributed by atoms with Crippen molar-refractivity contribution in [2.24, 2.45) is 11.8 Å². The molecule has 0 aliphatic heterocycles. The van der Waals surface area contributed by atoms with E-state index in [1.807, 2.05) is 19.9 Å². The Morgan fingerprint density at radius 2 is 2.19 bits per heavy atom. The highest BCUT2D eigenvalue weighted by atomic mass is 16.3. The fourth-order valence-electron chi connectivity index (χ4n) is 1.31. The van der Waals surface area contributed by atoms with Crippen LogP contribution in [0.3, 0.4) is 0 Å². The molecule has 0 aliphatic carbocycles. The molecule has 0 fully saturated rings. The van der Waals surface area contributed by atoms with Crippen molar-refractivity contribution in [2.75, 3.05) is 5.32 Å². The van der Waals surface area contributed by atoms with E-state index < -0.39 is 5.92 Å². The number of carbonyl (C=O) groups is 1. The number of amides is 1. The van der Waals surface area contributed by atoms with Crippen LogP contribution in [0, 0.1) is 23.2 Å². The maximum atomic E-state index is 11.7. The van der Waals surface area contributed by atoms with Gasteiger partial charge in [-0.3, -0.25) is 4.79 Å². The standard InChI is InChI=1S/C12H14N2O2/c1-8(2)11(7-13)12(16)14-9-4-3-5-10(15)6-9/h3-6,8,11,15H,1-2H3,(H,14,16). The minimum absolute atomic E-state index is 0.0395. The number of phenolic OH excluding ortho intramolecular Hbond substituents is 1. The second-order valence-electron chi connectivity index (χ2n) is 3.89. The van der Waals surface area contributed by atoms with E-state index in [9.17, 15) is 9.90 Å². The zero-order valence-electron chi connectivity index (χ0n) is 9.27. The smallest absolute Gasteiger partial charge is 0.241 e. The van der Waals surface area contributed by atoms with Crippen LogP contribution in [-0.2, 0) is 4.79 Å². The fraction of sp³-hybridized carbons (Fsp3) is 0.333. The first-order valence-electron chi connectivity index (χ1n) is 5.04. The number of hydrogen-bond donors (Lipinski definition) is 2. The van der Waals surface area contributed by atoms with Gasteiger partial charge in [0.25, 0.3) is 0 Å². The summed E-state index contributed by atoms with van der Waals surface area (Å²) < 4.78 is 0. The van der Waals surface area contributed by atoms with Crippen LogP contribution in [0.15, 0.2) is 24.3 Å². The summed E-state index contributed by atoms with van der Waals surface area (Å²) in [6.45, 7) is 3.63. The molecule has 0 heterocycles. The zero-order chi connectivity index (χ0) is 12.1. The Morgan fingerprint density at radius 1 is 1.50 bits per heavy atom. The first-order valence-corrected chi connectivity index (χ1v) is 5.04. The molecule has 0 radical (unpaired) electrons. The van der Waals surface area contributed by atoms with E-state index in [0.29, 0.717) is 5.69 Å². The minimum atomic E-state index is -0.678.